The fourth-order valence-electron chi connectivity index (χ4n) is 2.56. The number of amides is 1. The van der Waals surface area contributed by atoms with E-state index in [9.17, 15) is 4.79 Å². The normalized spacial score (nSPS) is 12.2. The molecule has 0 bridgehead atoms. The number of oxazole rings is 1. The zero-order chi connectivity index (χ0) is 18.8. The number of benzene rings is 1. The minimum atomic E-state index is -0.244. The molecule has 1 amide bonds. The van der Waals surface area contributed by atoms with E-state index in [0.29, 0.717) is 27.7 Å². The van der Waals surface area contributed by atoms with Gasteiger partial charge >= 0.3 is 0 Å². The Morgan fingerprint density at radius 3 is 2.77 bits per heavy atom. The van der Waals surface area contributed by atoms with Crippen molar-refractivity contribution in [2.75, 3.05) is 0 Å². The summed E-state index contributed by atoms with van der Waals surface area (Å²) in [6, 6.07) is 8.87. The molecule has 3 N–H and O–H groups in total. The number of nitrogens with zero attached hydrogens (tertiary/aromatic N) is 2. The van der Waals surface area contributed by atoms with Crippen LogP contribution in [-0.4, -0.2) is 15.9 Å². The van der Waals surface area contributed by atoms with Crippen LogP contribution in [0.4, 0.5) is 0 Å². The molecule has 3 rings (SSSR count). The van der Waals surface area contributed by atoms with Gasteiger partial charge in [-0.1, -0.05) is 42.8 Å². The Balaban J connectivity index is 1.92. The summed E-state index contributed by atoms with van der Waals surface area (Å²) >= 11 is 11.9. The lowest BCUT2D eigenvalue weighted by Gasteiger charge is -2.13. The number of rotatable bonds is 5. The first kappa shape index (κ1) is 18.4. The molecule has 3 aromatic rings. The number of pyridine rings is 1. The van der Waals surface area contributed by atoms with Crippen LogP contribution in [0.2, 0.25) is 10.3 Å². The van der Waals surface area contributed by atoms with E-state index in [4.69, 9.17) is 33.5 Å². The van der Waals surface area contributed by atoms with Crippen molar-refractivity contribution in [3.05, 3.63) is 52.8 Å². The number of nitrogens with one attached hydrogen (secondary N) is 1. The molecule has 26 heavy (non-hydrogen) atoms. The molecule has 2 aromatic heterocycles. The first-order chi connectivity index (χ1) is 12.4. The Morgan fingerprint density at radius 2 is 2.08 bits per heavy atom. The number of fused-ring (bicyclic) bond motifs is 1. The molecule has 0 aliphatic heterocycles. The van der Waals surface area contributed by atoms with Gasteiger partial charge in [-0.15, -0.1) is 0 Å². The molecule has 2 heterocycles. The van der Waals surface area contributed by atoms with Gasteiger partial charge in [0.15, 0.2) is 5.58 Å². The molecule has 0 fully saturated rings. The highest BCUT2D eigenvalue weighted by atomic mass is 35.5. The fraction of sp³-hybridized carbons (Fsp3) is 0.167. The van der Waals surface area contributed by atoms with Crippen LogP contribution in [0.25, 0.3) is 28.1 Å². The molecule has 1 atom stereocenters. The zero-order valence-electron chi connectivity index (χ0n) is 13.9. The number of halogens is 2. The molecular weight excluding hydrogens is 375 g/mol. The van der Waals surface area contributed by atoms with Crippen LogP contribution in [0.3, 0.4) is 0 Å². The number of aromatic nitrogens is 2. The quantitative estimate of drug-likeness (QED) is 0.294. The predicted octanol–water partition coefficient (Wildman–Crippen LogP) is 4.23. The van der Waals surface area contributed by atoms with Crippen molar-refractivity contribution >= 4 is 45.8 Å². The van der Waals surface area contributed by atoms with Gasteiger partial charge in [-0.05, 0) is 41.3 Å². The van der Waals surface area contributed by atoms with E-state index in [-0.39, 0.29) is 23.4 Å². The highest BCUT2D eigenvalue weighted by Crippen LogP contribution is 2.32. The number of carbonyl (C=O) groups is 1. The minimum absolute atomic E-state index is 0.0756. The van der Waals surface area contributed by atoms with E-state index in [2.05, 4.69) is 22.0 Å². The van der Waals surface area contributed by atoms with Gasteiger partial charge < -0.3 is 4.42 Å². The van der Waals surface area contributed by atoms with E-state index >= 15 is 0 Å². The Labute approximate surface area is 160 Å². The van der Waals surface area contributed by atoms with E-state index in [0.717, 1.165) is 11.1 Å². The van der Waals surface area contributed by atoms with Crippen molar-refractivity contribution in [2.24, 2.45) is 11.8 Å². The van der Waals surface area contributed by atoms with Crippen molar-refractivity contribution in [1.29, 1.82) is 0 Å². The molecule has 0 aliphatic rings. The van der Waals surface area contributed by atoms with Gasteiger partial charge in [0.1, 0.15) is 15.8 Å². The summed E-state index contributed by atoms with van der Waals surface area (Å²) < 4.78 is 5.83. The molecule has 0 aliphatic carbocycles. The molecule has 8 heteroatoms. The second-order valence-electron chi connectivity index (χ2n) is 5.87. The molecule has 134 valence electrons. The first-order valence-electron chi connectivity index (χ1n) is 7.80. The fourth-order valence-corrected chi connectivity index (χ4v) is 2.98. The van der Waals surface area contributed by atoms with Gasteiger partial charge in [0.25, 0.3) is 0 Å². The van der Waals surface area contributed by atoms with Gasteiger partial charge in [-0.2, -0.15) is 0 Å². The lowest BCUT2D eigenvalue weighted by molar-refractivity contribution is -0.121. The Kier molecular flexibility index (Phi) is 5.27. The summed E-state index contributed by atoms with van der Waals surface area (Å²) in [5, 5.41) is 0.513. The highest BCUT2D eigenvalue weighted by molar-refractivity contribution is 6.34. The molecule has 0 saturated heterocycles. The maximum absolute atomic E-state index is 11.5. The summed E-state index contributed by atoms with van der Waals surface area (Å²) in [5.74, 6) is 5.17. The molecular formula is C18H16Cl2N4O2. The smallest absolute Gasteiger partial charge is 0.234 e. The largest absolute Gasteiger partial charge is 0.436 e. The summed E-state index contributed by atoms with van der Waals surface area (Å²) in [4.78, 5) is 19.9. The summed E-state index contributed by atoms with van der Waals surface area (Å²) in [7, 11) is 0. The van der Waals surface area contributed by atoms with Crippen LogP contribution in [-0.2, 0) is 4.79 Å². The number of nitrogens with two attached hydrogens (primary N) is 1. The van der Waals surface area contributed by atoms with Crippen molar-refractivity contribution < 1.29 is 9.21 Å². The third-order valence-corrected chi connectivity index (χ3v) is 4.55. The van der Waals surface area contributed by atoms with Gasteiger partial charge in [-0.25, -0.2) is 15.8 Å². The standard InChI is InChI=1S/C18H16Cl2N4O2/c1-9(7-16(25)24-21)10(2)11-3-5-13-14(8-11)26-18(22-13)12-4-6-15(19)23-17(12)20/h3-6,8-9H,2,7,21H2,1H3,(H,24,25). The predicted molar refractivity (Wildman–Crippen MR) is 102 cm³/mol. The third-order valence-electron chi connectivity index (χ3n) is 4.05. The number of hydrogen-bond acceptors (Lipinski definition) is 5. The average molecular weight is 391 g/mol. The van der Waals surface area contributed by atoms with Crippen LogP contribution in [0, 0.1) is 5.92 Å². The van der Waals surface area contributed by atoms with Crippen LogP contribution >= 0.6 is 23.2 Å². The third kappa shape index (κ3) is 3.72. The van der Waals surface area contributed by atoms with Crippen LogP contribution < -0.4 is 11.3 Å². The Morgan fingerprint density at radius 1 is 1.31 bits per heavy atom. The average Bonchev–Trinajstić information content (AvgIpc) is 3.03. The van der Waals surface area contributed by atoms with Gasteiger partial charge in [0.05, 0.1) is 5.56 Å². The van der Waals surface area contributed by atoms with Crippen molar-refractivity contribution in [3.63, 3.8) is 0 Å². The van der Waals surface area contributed by atoms with Gasteiger partial charge in [0.2, 0.25) is 11.8 Å². The molecule has 1 unspecified atom stereocenters. The number of carbonyl (C=O) groups excluding carboxylic acids is 1. The van der Waals surface area contributed by atoms with Crippen molar-refractivity contribution in [1.82, 2.24) is 15.4 Å². The maximum atomic E-state index is 11.5. The molecule has 6 nitrogen and oxygen atoms in total. The van der Waals surface area contributed by atoms with E-state index in [1.165, 1.54) is 0 Å². The minimum Gasteiger partial charge on any atom is -0.436 e. The summed E-state index contributed by atoms with van der Waals surface area (Å²) in [5.41, 5.74) is 5.61. The molecule has 0 radical (unpaired) electrons. The highest BCUT2D eigenvalue weighted by Gasteiger charge is 2.16. The Hall–Kier alpha value is -2.41. The molecule has 1 aromatic carbocycles. The van der Waals surface area contributed by atoms with E-state index in [1.54, 1.807) is 12.1 Å². The van der Waals surface area contributed by atoms with E-state index < -0.39 is 0 Å². The van der Waals surface area contributed by atoms with Crippen molar-refractivity contribution in [2.45, 2.75) is 13.3 Å². The molecule has 0 spiro atoms. The number of allylic oxidation sites excluding steroid dienone is 1. The van der Waals surface area contributed by atoms with E-state index in [1.807, 2.05) is 25.1 Å². The summed E-state index contributed by atoms with van der Waals surface area (Å²) in [6.45, 7) is 5.99. The zero-order valence-corrected chi connectivity index (χ0v) is 15.4. The lowest BCUT2D eigenvalue weighted by Crippen LogP contribution is -2.31. The number of hydrazine groups is 1. The second kappa shape index (κ2) is 7.45. The van der Waals surface area contributed by atoms with Gasteiger partial charge in [-0.3, -0.25) is 10.2 Å². The topological polar surface area (TPSA) is 94.0 Å². The second-order valence-corrected chi connectivity index (χ2v) is 6.62. The molecule has 0 saturated carbocycles. The maximum Gasteiger partial charge on any atom is 0.234 e. The summed E-state index contributed by atoms with van der Waals surface area (Å²) in [6.07, 6.45) is 0.251. The van der Waals surface area contributed by atoms with Crippen LogP contribution in [0.5, 0.6) is 0 Å². The van der Waals surface area contributed by atoms with Crippen molar-refractivity contribution in [3.8, 4) is 11.5 Å². The number of hydrogen-bond donors (Lipinski definition) is 2. The monoisotopic (exact) mass is 390 g/mol. The first-order valence-corrected chi connectivity index (χ1v) is 8.56. The Bertz CT molecular complexity index is 1000. The lowest BCUT2D eigenvalue weighted by atomic mass is 9.92. The SMILES string of the molecule is C=C(c1ccc2nc(-c3ccc(Cl)nc3Cl)oc2c1)C(C)CC(=O)NN. The van der Waals surface area contributed by atoms with Gasteiger partial charge in [0, 0.05) is 6.42 Å². The van der Waals surface area contributed by atoms with Crippen LogP contribution in [0.15, 0.2) is 41.3 Å². The van der Waals surface area contributed by atoms with Crippen LogP contribution in [0.1, 0.15) is 18.9 Å².